The minimum atomic E-state index is -1.80. The van der Waals surface area contributed by atoms with Gasteiger partial charge in [-0.15, -0.1) is 0 Å². The summed E-state index contributed by atoms with van der Waals surface area (Å²) in [5.74, 6) is 0. The molecule has 0 fully saturated rings. The molecule has 2 nitrogen and oxygen atoms in total. The standard InChI is InChI=1S/C10H15BO2S.2Na/c1-2-3-4-5-6-9-7-8-14-10(9)11(12)13;;/h7-8H,2-6H2,1H3;;/q-2;2*+1. The minimum absolute atomic E-state index is 0. The molecule has 0 aliphatic rings. The van der Waals surface area contributed by atoms with Gasteiger partial charge in [-0.2, -0.15) is 11.3 Å². The predicted molar refractivity (Wildman–Crippen MR) is 57.6 cm³/mol. The average Bonchev–Trinajstić information content (AvgIpc) is 2.60. The van der Waals surface area contributed by atoms with E-state index in [2.05, 4.69) is 6.92 Å². The van der Waals surface area contributed by atoms with Crippen molar-refractivity contribution in [1.29, 1.82) is 0 Å². The fourth-order valence-corrected chi connectivity index (χ4v) is 2.31. The van der Waals surface area contributed by atoms with Crippen LogP contribution in [0.3, 0.4) is 0 Å². The van der Waals surface area contributed by atoms with E-state index in [9.17, 15) is 10.0 Å². The SMILES string of the molecule is CCCCCCc1ccsc1B([O-])[O-].[Na+].[Na+]. The zero-order valence-electron chi connectivity index (χ0n) is 10.5. The van der Waals surface area contributed by atoms with Crippen LogP contribution in [0.15, 0.2) is 11.4 Å². The molecule has 1 aromatic rings. The second-order valence-corrected chi connectivity index (χ2v) is 4.40. The number of hydrogen-bond donors (Lipinski definition) is 0. The van der Waals surface area contributed by atoms with Gasteiger partial charge >= 0.3 is 59.1 Å². The van der Waals surface area contributed by atoms with E-state index in [4.69, 9.17) is 0 Å². The van der Waals surface area contributed by atoms with Gasteiger partial charge < -0.3 is 10.0 Å². The number of rotatable bonds is 6. The summed E-state index contributed by atoms with van der Waals surface area (Å²) >= 11 is 1.30. The van der Waals surface area contributed by atoms with Crippen LogP contribution in [0.5, 0.6) is 0 Å². The third-order valence-corrected chi connectivity index (χ3v) is 3.28. The molecule has 16 heavy (non-hydrogen) atoms. The van der Waals surface area contributed by atoms with Crippen molar-refractivity contribution in [3.63, 3.8) is 0 Å². The van der Waals surface area contributed by atoms with E-state index in [0.717, 1.165) is 18.4 Å². The summed E-state index contributed by atoms with van der Waals surface area (Å²) in [5, 5.41) is 23.3. The van der Waals surface area contributed by atoms with Crippen molar-refractivity contribution in [3.8, 4) is 0 Å². The Hall–Kier alpha value is 1.68. The first kappa shape index (κ1) is 20.0. The maximum absolute atomic E-state index is 10.8. The summed E-state index contributed by atoms with van der Waals surface area (Å²) in [4.78, 5) is 0. The molecule has 0 saturated carbocycles. The molecular formula is C10H15BNa2O2S. The van der Waals surface area contributed by atoms with E-state index in [1.807, 2.05) is 11.4 Å². The summed E-state index contributed by atoms with van der Waals surface area (Å²) in [7, 11) is -1.80. The molecule has 0 aliphatic carbocycles. The van der Waals surface area contributed by atoms with Crippen molar-refractivity contribution in [2.24, 2.45) is 0 Å². The third kappa shape index (κ3) is 7.19. The number of hydrogen-bond acceptors (Lipinski definition) is 3. The molecule has 0 amide bonds. The van der Waals surface area contributed by atoms with Crippen LogP contribution < -0.4 is 73.9 Å². The largest absolute Gasteiger partial charge is 1.00 e. The maximum atomic E-state index is 10.8. The molecule has 1 heterocycles. The molecule has 0 radical (unpaired) electrons. The fraction of sp³-hybridized carbons (Fsp3) is 0.600. The second-order valence-electron chi connectivity index (χ2n) is 3.45. The molecule has 0 aromatic carbocycles. The first-order valence-corrected chi connectivity index (χ1v) is 6.01. The van der Waals surface area contributed by atoms with Gasteiger partial charge in [-0.25, -0.2) is 0 Å². The Bertz CT molecular complexity index is 269. The molecule has 0 N–H and O–H groups in total. The van der Waals surface area contributed by atoms with Gasteiger partial charge in [-0.1, -0.05) is 38.1 Å². The zero-order chi connectivity index (χ0) is 10.4. The number of unbranched alkanes of at least 4 members (excludes halogenated alkanes) is 3. The van der Waals surface area contributed by atoms with Crippen molar-refractivity contribution in [2.75, 3.05) is 0 Å². The van der Waals surface area contributed by atoms with Crippen molar-refractivity contribution < 1.29 is 69.2 Å². The van der Waals surface area contributed by atoms with Crippen molar-refractivity contribution in [3.05, 3.63) is 17.0 Å². The normalized spacial score (nSPS) is 9.19. The summed E-state index contributed by atoms with van der Waals surface area (Å²) in [6, 6.07) is 1.91. The van der Waals surface area contributed by atoms with E-state index >= 15 is 0 Å². The number of aryl methyl sites for hydroxylation is 1. The van der Waals surface area contributed by atoms with E-state index in [1.54, 1.807) is 0 Å². The first-order chi connectivity index (χ1) is 6.75. The molecular weight excluding hydrogens is 241 g/mol. The van der Waals surface area contributed by atoms with E-state index in [-0.39, 0.29) is 59.1 Å². The van der Waals surface area contributed by atoms with E-state index in [0.29, 0.717) is 4.78 Å². The Balaban J connectivity index is 0. The van der Waals surface area contributed by atoms with Gasteiger partial charge in [0.15, 0.2) is 0 Å². The summed E-state index contributed by atoms with van der Waals surface area (Å²) in [6.45, 7) is 2.17. The van der Waals surface area contributed by atoms with E-state index < -0.39 is 7.12 Å². The smallest absolute Gasteiger partial charge is 0.889 e. The van der Waals surface area contributed by atoms with Crippen LogP contribution in [-0.4, -0.2) is 7.12 Å². The topological polar surface area (TPSA) is 46.1 Å². The quantitative estimate of drug-likeness (QED) is 0.376. The van der Waals surface area contributed by atoms with Crippen LogP contribution in [0.25, 0.3) is 0 Å². The van der Waals surface area contributed by atoms with Crippen molar-refractivity contribution in [1.82, 2.24) is 0 Å². The predicted octanol–water partition coefficient (Wildman–Crippen LogP) is -5.71. The maximum Gasteiger partial charge on any atom is 1.00 e. The fourth-order valence-electron chi connectivity index (χ4n) is 1.50. The van der Waals surface area contributed by atoms with Gasteiger partial charge in [-0.05, 0) is 29.9 Å². The first-order valence-electron chi connectivity index (χ1n) is 5.13. The third-order valence-electron chi connectivity index (χ3n) is 2.29. The van der Waals surface area contributed by atoms with Gasteiger partial charge in [0.2, 0.25) is 0 Å². The minimum Gasteiger partial charge on any atom is -0.889 e. The molecule has 0 aliphatic heterocycles. The molecule has 1 aromatic heterocycles. The average molecular weight is 256 g/mol. The summed E-state index contributed by atoms with van der Waals surface area (Å²) in [6.07, 6.45) is 5.61. The monoisotopic (exact) mass is 256 g/mol. The van der Waals surface area contributed by atoms with Gasteiger partial charge in [0.25, 0.3) is 0 Å². The van der Waals surface area contributed by atoms with Gasteiger partial charge in [0, 0.05) is 0 Å². The summed E-state index contributed by atoms with van der Waals surface area (Å²) < 4.78 is 0.487. The Labute approximate surface area is 147 Å². The summed E-state index contributed by atoms with van der Waals surface area (Å²) in [5.41, 5.74) is 0.973. The van der Waals surface area contributed by atoms with Crippen LogP contribution in [0.2, 0.25) is 0 Å². The second kappa shape index (κ2) is 11.8. The van der Waals surface area contributed by atoms with Crippen LogP contribution in [-0.2, 0) is 6.42 Å². The molecule has 6 heteroatoms. The van der Waals surface area contributed by atoms with Crippen LogP contribution in [0, 0.1) is 0 Å². The zero-order valence-corrected chi connectivity index (χ0v) is 15.3. The Morgan fingerprint density at radius 1 is 1.19 bits per heavy atom. The van der Waals surface area contributed by atoms with Gasteiger partial charge in [0.05, 0.1) is 0 Å². The van der Waals surface area contributed by atoms with Crippen molar-refractivity contribution in [2.45, 2.75) is 39.0 Å². The molecule has 0 bridgehead atoms. The molecule has 78 valence electrons. The number of thiophene rings is 1. The Kier molecular flexibility index (Phi) is 14.7. The van der Waals surface area contributed by atoms with Crippen LogP contribution in [0.1, 0.15) is 38.2 Å². The molecule has 0 spiro atoms. The Morgan fingerprint density at radius 3 is 2.44 bits per heavy atom. The Morgan fingerprint density at radius 2 is 1.88 bits per heavy atom. The van der Waals surface area contributed by atoms with Gasteiger partial charge in [-0.3, -0.25) is 0 Å². The molecule has 0 saturated heterocycles. The van der Waals surface area contributed by atoms with Crippen LogP contribution >= 0.6 is 11.3 Å². The van der Waals surface area contributed by atoms with Crippen molar-refractivity contribution >= 4 is 23.2 Å². The molecule has 0 unspecified atom stereocenters. The molecule has 1 rings (SSSR count). The van der Waals surface area contributed by atoms with Crippen LogP contribution in [0.4, 0.5) is 0 Å². The van der Waals surface area contributed by atoms with E-state index in [1.165, 1.54) is 30.6 Å². The van der Waals surface area contributed by atoms with Gasteiger partial charge in [0.1, 0.15) is 0 Å². The molecule has 0 atom stereocenters.